The molecule has 0 saturated heterocycles. The molecule has 1 amide bonds. The summed E-state index contributed by atoms with van der Waals surface area (Å²) >= 11 is 0. The van der Waals surface area contributed by atoms with E-state index in [1.54, 1.807) is 12.4 Å². The Hall–Kier alpha value is -2.10. The minimum Gasteiger partial charge on any atom is -0.345 e. The van der Waals surface area contributed by atoms with Gasteiger partial charge in [0.25, 0.3) is 0 Å². The number of hydrogen-bond donors (Lipinski definition) is 2. The predicted molar refractivity (Wildman–Crippen MR) is 72.1 cm³/mol. The van der Waals surface area contributed by atoms with Crippen LogP contribution in [-0.4, -0.2) is 15.9 Å². The standard InChI is InChI=1S/C14H17N3O/c1-3-10(2)14(18)17-12-6-4-11(5-7-12)13-15-8-9-16-13/h4-10H,3H2,1-2H3,(H,15,16)(H,17,18). The Kier molecular flexibility index (Phi) is 3.77. The number of carbonyl (C=O) groups is 1. The summed E-state index contributed by atoms with van der Waals surface area (Å²) < 4.78 is 0. The number of rotatable bonds is 4. The molecule has 2 rings (SSSR count). The number of nitrogens with zero attached hydrogens (tertiary/aromatic N) is 1. The van der Waals surface area contributed by atoms with E-state index in [2.05, 4.69) is 15.3 Å². The van der Waals surface area contributed by atoms with E-state index in [4.69, 9.17) is 0 Å². The molecule has 2 N–H and O–H groups in total. The highest BCUT2D eigenvalue weighted by molar-refractivity contribution is 5.92. The molecule has 18 heavy (non-hydrogen) atoms. The van der Waals surface area contributed by atoms with Gasteiger partial charge in [0.15, 0.2) is 0 Å². The predicted octanol–water partition coefficient (Wildman–Crippen LogP) is 3.06. The number of anilines is 1. The van der Waals surface area contributed by atoms with Crippen molar-refractivity contribution in [2.45, 2.75) is 20.3 Å². The van der Waals surface area contributed by atoms with Crippen LogP contribution in [0, 0.1) is 5.92 Å². The van der Waals surface area contributed by atoms with Crippen molar-refractivity contribution < 1.29 is 4.79 Å². The van der Waals surface area contributed by atoms with Gasteiger partial charge in [0, 0.05) is 29.6 Å². The monoisotopic (exact) mass is 243 g/mol. The van der Waals surface area contributed by atoms with E-state index in [9.17, 15) is 4.79 Å². The van der Waals surface area contributed by atoms with Crippen molar-refractivity contribution in [3.8, 4) is 11.4 Å². The summed E-state index contributed by atoms with van der Waals surface area (Å²) in [6, 6.07) is 7.65. The van der Waals surface area contributed by atoms with Crippen molar-refractivity contribution in [2.75, 3.05) is 5.32 Å². The zero-order valence-corrected chi connectivity index (χ0v) is 10.6. The molecule has 1 aromatic carbocycles. The Morgan fingerprint density at radius 3 is 2.67 bits per heavy atom. The van der Waals surface area contributed by atoms with Crippen molar-refractivity contribution in [3.63, 3.8) is 0 Å². The second-order valence-electron chi connectivity index (χ2n) is 4.31. The fourth-order valence-electron chi connectivity index (χ4n) is 1.59. The van der Waals surface area contributed by atoms with Crippen LogP contribution in [0.25, 0.3) is 11.4 Å². The zero-order chi connectivity index (χ0) is 13.0. The van der Waals surface area contributed by atoms with Crippen LogP contribution in [0.4, 0.5) is 5.69 Å². The first-order valence-electron chi connectivity index (χ1n) is 6.11. The Morgan fingerprint density at radius 1 is 1.39 bits per heavy atom. The summed E-state index contributed by atoms with van der Waals surface area (Å²) in [5, 5.41) is 2.90. The van der Waals surface area contributed by atoms with E-state index < -0.39 is 0 Å². The molecule has 0 aliphatic rings. The lowest BCUT2D eigenvalue weighted by atomic mass is 10.1. The maximum Gasteiger partial charge on any atom is 0.227 e. The van der Waals surface area contributed by atoms with Crippen molar-refractivity contribution in [3.05, 3.63) is 36.7 Å². The topological polar surface area (TPSA) is 57.8 Å². The van der Waals surface area contributed by atoms with Gasteiger partial charge in [-0.15, -0.1) is 0 Å². The van der Waals surface area contributed by atoms with Gasteiger partial charge in [0.1, 0.15) is 5.82 Å². The van der Waals surface area contributed by atoms with Gasteiger partial charge < -0.3 is 10.3 Å². The highest BCUT2D eigenvalue weighted by Gasteiger charge is 2.10. The molecule has 94 valence electrons. The molecule has 0 saturated carbocycles. The first kappa shape index (κ1) is 12.4. The number of benzene rings is 1. The van der Waals surface area contributed by atoms with Crippen LogP contribution in [0.1, 0.15) is 20.3 Å². The van der Waals surface area contributed by atoms with Crippen LogP contribution in [0.5, 0.6) is 0 Å². The first-order chi connectivity index (χ1) is 8.70. The molecular weight excluding hydrogens is 226 g/mol. The first-order valence-corrected chi connectivity index (χ1v) is 6.11. The maximum atomic E-state index is 11.7. The molecule has 0 fully saturated rings. The summed E-state index contributed by atoms with van der Waals surface area (Å²) in [7, 11) is 0. The fourth-order valence-corrected chi connectivity index (χ4v) is 1.59. The molecule has 1 heterocycles. The molecule has 1 aromatic heterocycles. The Bertz CT molecular complexity index is 502. The number of aromatic nitrogens is 2. The summed E-state index contributed by atoms with van der Waals surface area (Å²) in [6.07, 6.45) is 4.35. The summed E-state index contributed by atoms with van der Waals surface area (Å²) in [6.45, 7) is 3.93. The highest BCUT2D eigenvalue weighted by atomic mass is 16.1. The van der Waals surface area contributed by atoms with Gasteiger partial charge in [0.05, 0.1) is 0 Å². The number of imidazole rings is 1. The Morgan fingerprint density at radius 2 is 2.11 bits per heavy atom. The molecule has 0 radical (unpaired) electrons. The van der Waals surface area contributed by atoms with Gasteiger partial charge in [0.2, 0.25) is 5.91 Å². The third-order valence-electron chi connectivity index (χ3n) is 2.98. The number of aromatic amines is 1. The molecule has 1 atom stereocenters. The van der Waals surface area contributed by atoms with Crippen molar-refractivity contribution in [2.24, 2.45) is 5.92 Å². The molecule has 2 aromatic rings. The van der Waals surface area contributed by atoms with Gasteiger partial charge in [-0.05, 0) is 30.7 Å². The Labute approximate surface area is 106 Å². The van der Waals surface area contributed by atoms with Crippen LogP contribution in [0.15, 0.2) is 36.7 Å². The fraction of sp³-hybridized carbons (Fsp3) is 0.286. The summed E-state index contributed by atoms with van der Waals surface area (Å²) in [5.41, 5.74) is 1.82. The van der Waals surface area contributed by atoms with Crippen molar-refractivity contribution in [1.29, 1.82) is 0 Å². The molecule has 4 nitrogen and oxygen atoms in total. The van der Waals surface area contributed by atoms with Crippen molar-refractivity contribution in [1.82, 2.24) is 9.97 Å². The van der Waals surface area contributed by atoms with E-state index in [-0.39, 0.29) is 11.8 Å². The van der Waals surface area contributed by atoms with Crippen molar-refractivity contribution >= 4 is 11.6 Å². The van der Waals surface area contributed by atoms with Gasteiger partial charge in [-0.1, -0.05) is 13.8 Å². The average molecular weight is 243 g/mol. The van der Waals surface area contributed by atoms with Crippen LogP contribution >= 0.6 is 0 Å². The third-order valence-corrected chi connectivity index (χ3v) is 2.98. The number of carbonyl (C=O) groups excluding carboxylic acids is 1. The van der Waals surface area contributed by atoms with Crippen LogP contribution in [-0.2, 0) is 4.79 Å². The van der Waals surface area contributed by atoms with E-state index in [0.717, 1.165) is 23.5 Å². The molecule has 0 bridgehead atoms. The molecule has 0 aliphatic heterocycles. The normalized spacial score (nSPS) is 12.1. The van der Waals surface area contributed by atoms with Gasteiger partial charge in [-0.2, -0.15) is 0 Å². The quantitative estimate of drug-likeness (QED) is 0.867. The summed E-state index contributed by atoms with van der Waals surface area (Å²) in [4.78, 5) is 18.9. The smallest absolute Gasteiger partial charge is 0.227 e. The second kappa shape index (κ2) is 5.49. The number of amides is 1. The van der Waals surface area contributed by atoms with Gasteiger partial charge >= 0.3 is 0 Å². The lowest BCUT2D eigenvalue weighted by molar-refractivity contribution is -0.119. The lowest BCUT2D eigenvalue weighted by Crippen LogP contribution is -2.19. The molecule has 0 spiro atoms. The highest BCUT2D eigenvalue weighted by Crippen LogP contribution is 2.18. The maximum absolute atomic E-state index is 11.7. The number of nitrogens with one attached hydrogen (secondary N) is 2. The van der Waals surface area contributed by atoms with E-state index in [1.807, 2.05) is 38.1 Å². The molecule has 0 aliphatic carbocycles. The van der Waals surface area contributed by atoms with Crippen LogP contribution in [0.3, 0.4) is 0 Å². The average Bonchev–Trinajstić information content (AvgIpc) is 2.92. The molecule has 4 heteroatoms. The van der Waals surface area contributed by atoms with Crippen LogP contribution in [0.2, 0.25) is 0 Å². The zero-order valence-electron chi connectivity index (χ0n) is 10.6. The minimum absolute atomic E-state index is 0.0368. The van der Waals surface area contributed by atoms with E-state index in [1.165, 1.54) is 0 Å². The molecular formula is C14H17N3O. The number of H-pyrrole nitrogens is 1. The lowest BCUT2D eigenvalue weighted by Gasteiger charge is -2.10. The summed E-state index contributed by atoms with van der Waals surface area (Å²) in [5.74, 6) is 0.924. The number of hydrogen-bond acceptors (Lipinski definition) is 2. The third kappa shape index (κ3) is 2.77. The minimum atomic E-state index is 0.0368. The molecule has 1 unspecified atom stereocenters. The van der Waals surface area contributed by atoms with Gasteiger partial charge in [-0.25, -0.2) is 4.98 Å². The Balaban J connectivity index is 2.06. The van der Waals surface area contributed by atoms with Crippen LogP contribution < -0.4 is 5.32 Å². The second-order valence-corrected chi connectivity index (χ2v) is 4.31. The largest absolute Gasteiger partial charge is 0.345 e. The SMILES string of the molecule is CCC(C)C(=O)Nc1ccc(-c2ncc[nH]2)cc1. The van der Waals surface area contributed by atoms with Gasteiger partial charge in [-0.3, -0.25) is 4.79 Å². The van der Waals surface area contributed by atoms with E-state index >= 15 is 0 Å². The van der Waals surface area contributed by atoms with E-state index in [0.29, 0.717) is 0 Å².